The topological polar surface area (TPSA) is 67.0 Å². The summed E-state index contributed by atoms with van der Waals surface area (Å²) in [6.07, 6.45) is 9.23. The number of rotatable bonds is 6. The van der Waals surface area contributed by atoms with Gasteiger partial charge in [-0.2, -0.15) is 0 Å². The number of halogens is 1. The molecule has 0 saturated heterocycles. The predicted molar refractivity (Wildman–Crippen MR) is 164 cm³/mol. The van der Waals surface area contributed by atoms with Crippen molar-refractivity contribution in [2.24, 2.45) is 5.92 Å². The summed E-state index contributed by atoms with van der Waals surface area (Å²) in [6.45, 7) is 0.602. The minimum atomic E-state index is -0.570. The number of benzene rings is 2. The lowest BCUT2D eigenvalue weighted by Gasteiger charge is -2.55. The molecule has 1 fully saturated rings. The minimum Gasteiger partial charge on any atom is -0.493 e. The van der Waals surface area contributed by atoms with Gasteiger partial charge in [-0.1, -0.05) is 36.4 Å². The summed E-state index contributed by atoms with van der Waals surface area (Å²) in [7, 11) is 8.84. The van der Waals surface area contributed by atoms with Gasteiger partial charge in [0.2, 0.25) is 11.7 Å². The number of carbonyl (C=O) groups is 1. The van der Waals surface area contributed by atoms with E-state index in [0.717, 1.165) is 48.9 Å². The summed E-state index contributed by atoms with van der Waals surface area (Å²) in [6, 6.07) is 15.4. The second-order valence-corrected chi connectivity index (χ2v) is 12.0. The molecule has 0 bridgehead atoms. The molecule has 1 atom stereocenters. The summed E-state index contributed by atoms with van der Waals surface area (Å²) < 4.78 is 31.3. The SMILES string of the molecule is COC1=CC(C(=O)N2CCc3c([nH]c4ccccc34)C23CCC(c2cccc(F)c2)(N(C)C)CC3)C=CC(OC)=C1OC. The van der Waals surface area contributed by atoms with Crippen molar-refractivity contribution in [3.8, 4) is 0 Å². The van der Waals surface area contributed by atoms with Gasteiger partial charge >= 0.3 is 0 Å². The van der Waals surface area contributed by atoms with Crippen molar-refractivity contribution in [2.75, 3.05) is 42.0 Å². The van der Waals surface area contributed by atoms with Gasteiger partial charge in [0.1, 0.15) is 5.82 Å². The van der Waals surface area contributed by atoms with Crippen LogP contribution in [0.1, 0.15) is 42.5 Å². The highest BCUT2D eigenvalue weighted by atomic mass is 19.1. The van der Waals surface area contributed by atoms with Crippen molar-refractivity contribution in [3.63, 3.8) is 0 Å². The highest BCUT2D eigenvalue weighted by molar-refractivity contribution is 5.88. The van der Waals surface area contributed by atoms with Crippen LogP contribution in [0.15, 0.2) is 84.0 Å². The quantitative estimate of drug-likeness (QED) is 0.377. The highest BCUT2D eigenvalue weighted by Gasteiger charge is 2.53. The van der Waals surface area contributed by atoms with Crippen LogP contribution in [0.3, 0.4) is 0 Å². The molecule has 6 rings (SSSR count). The van der Waals surface area contributed by atoms with Crippen LogP contribution in [-0.2, 0) is 36.5 Å². The zero-order valence-electron chi connectivity index (χ0n) is 25.6. The van der Waals surface area contributed by atoms with Gasteiger partial charge in [-0.05, 0) is 87.7 Å². The fourth-order valence-corrected chi connectivity index (χ4v) is 7.66. The Labute approximate surface area is 252 Å². The van der Waals surface area contributed by atoms with Crippen molar-refractivity contribution in [1.82, 2.24) is 14.8 Å². The molecule has 1 aliphatic heterocycles. The van der Waals surface area contributed by atoms with Gasteiger partial charge in [-0.15, -0.1) is 0 Å². The molecule has 1 aromatic heterocycles. The molecule has 3 aromatic rings. The number of nitrogens with one attached hydrogen (secondary N) is 1. The third-order valence-corrected chi connectivity index (χ3v) is 9.93. The van der Waals surface area contributed by atoms with Gasteiger partial charge in [0.25, 0.3) is 0 Å². The Morgan fingerprint density at radius 3 is 2.44 bits per heavy atom. The smallest absolute Gasteiger partial charge is 0.234 e. The third kappa shape index (κ3) is 4.63. The van der Waals surface area contributed by atoms with E-state index in [2.05, 4.69) is 47.1 Å². The Hall–Kier alpha value is -4.04. The molecule has 2 aliphatic carbocycles. The number of allylic oxidation sites excluding steroid dienone is 1. The summed E-state index contributed by atoms with van der Waals surface area (Å²) in [4.78, 5) is 22.7. The molecule has 1 spiro atoms. The van der Waals surface area contributed by atoms with Crippen molar-refractivity contribution in [3.05, 3.63) is 107 Å². The van der Waals surface area contributed by atoms with Gasteiger partial charge < -0.3 is 24.1 Å². The maximum absolute atomic E-state index is 14.7. The van der Waals surface area contributed by atoms with E-state index in [0.29, 0.717) is 23.8 Å². The number of para-hydroxylation sites is 1. The number of methoxy groups -OCH3 is 3. The minimum absolute atomic E-state index is 0.00557. The molecule has 43 heavy (non-hydrogen) atoms. The molecule has 2 heterocycles. The summed E-state index contributed by atoms with van der Waals surface area (Å²) in [5, 5.41) is 1.22. The van der Waals surface area contributed by atoms with Gasteiger partial charge in [-0.25, -0.2) is 4.39 Å². The molecular weight excluding hydrogens is 545 g/mol. The fraction of sp³-hybridized carbons (Fsp3) is 0.400. The third-order valence-electron chi connectivity index (χ3n) is 9.93. The van der Waals surface area contributed by atoms with Crippen molar-refractivity contribution >= 4 is 16.8 Å². The van der Waals surface area contributed by atoms with E-state index in [1.165, 1.54) is 17.0 Å². The first-order valence-electron chi connectivity index (χ1n) is 14.9. The molecule has 8 heteroatoms. The summed E-state index contributed by atoms with van der Waals surface area (Å²) in [5.74, 6) is 0.616. The van der Waals surface area contributed by atoms with Crippen LogP contribution in [-0.4, -0.2) is 62.7 Å². The van der Waals surface area contributed by atoms with Crippen LogP contribution in [0.25, 0.3) is 10.9 Å². The maximum atomic E-state index is 14.7. The van der Waals surface area contributed by atoms with Gasteiger partial charge in [0.15, 0.2) is 11.5 Å². The van der Waals surface area contributed by atoms with E-state index in [-0.39, 0.29) is 17.3 Å². The first-order valence-corrected chi connectivity index (χ1v) is 14.9. The van der Waals surface area contributed by atoms with Crippen LogP contribution in [0.4, 0.5) is 4.39 Å². The summed E-state index contributed by atoms with van der Waals surface area (Å²) in [5.41, 5.74) is 3.59. The Morgan fingerprint density at radius 2 is 1.77 bits per heavy atom. The lowest BCUT2D eigenvalue weighted by molar-refractivity contribution is -0.144. The van der Waals surface area contributed by atoms with E-state index < -0.39 is 11.5 Å². The number of aromatic amines is 1. The Balaban J connectivity index is 1.44. The second-order valence-electron chi connectivity index (χ2n) is 12.0. The highest BCUT2D eigenvalue weighted by Crippen LogP contribution is 2.54. The van der Waals surface area contributed by atoms with Crippen molar-refractivity contribution < 1.29 is 23.4 Å². The van der Waals surface area contributed by atoms with E-state index in [1.54, 1.807) is 39.5 Å². The van der Waals surface area contributed by atoms with Crippen molar-refractivity contribution in [2.45, 2.75) is 43.2 Å². The lowest BCUT2D eigenvalue weighted by Crippen LogP contribution is -2.59. The number of hydrogen-bond donors (Lipinski definition) is 1. The van der Waals surface area contributed by atoms with Crippen LogP contribution in [0.2, 0.25) is 0 Å². The van der Waals surface area contributed by atoms with Gasteiger partial charge in [-0.3, -0.25) is 9.69 Å². The first-order chi connectivity index (χ1) is 20.8. The largest absolute Gasteiger partial charge is 0.493 e. The number of amides is 1. The molecule has 1 N–H and O–H groups in total. The fourth-order valence-electron chi connectivity index (χ4n) is 7.66. The number of aromatic nitrogens is 1. The van der Waals surface area contributed by atoms with E-state index in [4.69, 9.17) is 14.2 Å². The molecular formula is C35H40FN3O4. The van der Waals surface area contributed by atoms with Gasteiger partial charge in [0, 0.05) is 28.7 Å². The number of carbonyl (C=O) groups excluding carboxylic acids is 1. The zero-order chi connectivity index (χ0) is 30.4. The molecule has 1 saturated carbocycles. The second kappa shape index (κ2) is 11.2. The maximum Gasteiger partial charge on any atom is 0.234 e. The number of H-pyrrole nitrogens is 1. The van der Waals surface area contributed by atoms with Crippen LogP contribution in [0, 0.1) is 11.7 Å². The van der Waals surface area contributed by atoms with Gasteiger partial charge in [0.05, 0.1) is 32.8 Å². The molecule has 3 aliphatic rings. The number of ether oxygens (including phenoxy) is 3. The van der Waals surface area contributed by atoms with Crippen molar-refractivity contribution in [1.29, 1.82) is 0 Å². The standard InChI is InChI=1S/C35H40FN3O4/c1-38(2)34(24-9-8-10-25(36)22-24)16-18-35(19-17-34)32-27(26-11-6-7-12-28(26)37-32)15-20-39(35)33(40)23-13-14-29(41-3)31(43-5)30(21-23)42-4/h6-14,21-23,37H,15-20H2,1-5H3. The van der Waals surface area contributed by atoms with Crippen LogP contribution >= 0.6 is 0 Å². The lowest BCUT2D eigenvalue weighted by atomic mass is 9.65. The Kier molecular flexibility index (Phi) is 7.59. The predicted octanol–water partition coefficient (Wildman–Crippen LogP) is 6.14. The molecule has 0 radical (unpaired) electrons. The molecule has 1 amide bonds. The Bertz CT molecular complexity index is 1630. The number of hydrogen-bond acceptors (Lipinski definition) is 5. The van der Waals surface area contributed by atoms with E-state index >= 15 is 0 Å². The molecule has 2 aromatic carbocycles. The first kappa shape index (κ1) is 29.1. The monoisotopic (exact) mass is 585 g/mol. The molecule has 1 unspecified atom stereocenters. The van der Waals surface area contributed by atoms with E-state index in [1.807, 2.05) is 24.3 Å². The number of fused-ring (bicyclic) bond motifs is 4. The van der Waals surface area contributed by atoms with Crippen LogP contribution in [0.5, 0.6) is 0 Å². The average Bonchev–Trinajstić information content (AvgIpc) is 3.30. The Morgan fingerprint density at radius 1 is 1.00 bits per heavy atom. The zero-order valence-corrected chi connectivity index (χ0v) is 25.6. The number of nitrogens with zero attached hydrogens (tertiary/aromatic N) is 2. The summed E-state index contributed by atoms with van der Waals surface area (Å²) >= 11 is 0. The van der Waals surface area contributed by atoms with E-state index in [9.17, 15) is 9.18 Å². The molecule has 226 valence electrons. The normalized spacial score (nSPS) is 25.5. The van der Waals surface area contributed by atoms with Crippen LogP contribution < -0.4 is 0 Å². The molecule has 7 nitrogen and oxygen atoms in total. The average molecular weight is 586 g/mol.